The van der Waals surface area contributed by atoms with Gasteiger partial charge in [0.25, 0.3) is 0 Å². The molecule has 0 bridgehead atoms. The Morgan fingerprint density at radius 1 is 0.857 bits per heavy atom. The Labute approximate surface area is 126 Å². The lowest BCUT2D eigenvalue weighted by molar-refractivity contribution is 0.0814. The van der Waals surface area contributed by atoms with Gasteiger partial charge in [0.05, 0.1) is 18.6 Å². The zero-order valence-electron chi connectivity index (χ0n) is 13.0. The molecule has 0 aromatic heterocycles. The van der Waals surface area contributed by atoms with Gasteiger partial charge in [-0.25, -0.2) is 0 Å². The number of rotatable bonds is 5. The molecular weight excluding hydrogens is 260 g/mol. The lowest BCUT2D eigenvalue weighted by Crippen LogP contribution is -2.35. The second-order valence-corrected chi connectivity index (χ2v) is 5.73. The average Bonchev–Trinajstić information content (AvgIpc) is 2.79. The SMILES string of the molecule is CCc1ccc2c(c1)-c1ccccc1C2(COC)COC. The lowest BCUT2D eigenvalue weighted by atomic mass is 9.79. The van der Waals surface area contributed by atoms with Crippen LogP contribution >= 0.6 is 0 Å². The maximum atomic E-state index is 5.57. The van der Waals surface area contributed by atoms with Crippen LogP contribution in [-0.2, 0) is 21.3 Å². The van der Waals surface area contributed by atoms with Gasteiger partial charge in [0, 0.05) is 14.2 Å². The van der Waals surface area contributed by atoms with Crippen molar-refractivity contribution in [3.63, 3.8) is 0 Å². The third-order valence-corrected chi connectivity index (χ3v) is 4.52. The minimum atomic E-state index is -0.193. The highest BCUT2D eigenvalue weighted by Gasteiger charge is 2.43. The Bertz CT molecular complexity index is 640. The highest BCUT2D eigenvalue weighted by Crippen LogP contribution is 2.49. The van der Waals surface area contributed by atoms with Crippen molar-refractivity contribution in [2.45, 2.75) is 18.8 Å². The van der Waals surface area contributed by atoms with E-state index in [1.807, 2.05) is 0 Å². The summed E-state index contributed by atoms with van der Waals surface area (Å²) in [5, 5.41) is 0. The van der Waals surface area contributed by atoms with E-state index in [-0.39, 0.29) is 5.41 Å². The van der Waals surface area contributed by atoms with Crippen LogP contribution in [0.4, 0.5) is 0 Å². The van der Waals surface area contributed by atoms with Crippen LogP contribution in [0.5, 0.6) is 0 Å². The van der Waals surface area contributed by atoms with Crippen LogP contribution in [-0.4, -0.2) is 27.4 Å². The van der Waals surface area contributed by atoms with Gasteiger partial charge in [-0.1, -0.05) is 49.4 Å². The smallest absolute Gasteiger partial charge is 0.0681 e. The highest BCUT2D eigenvalue weighted by molar-refractivity contribution is 5.81. The van der Waals surface area contributed by atoms with E-state index in [1.165, 1.54) is 27.8 Å². The minimum Gasteiger partial charge on any atom is -0.383 e. The standard InChI is InChI=1S/C19H22O2/c1-4-14-9-10-18-16(11-14)15-7-5-6-8-17(15)19(18,12-20-2)13-21-3/h5-11H,4,12-13H2,1-3H3. The monoisotopic (exact) mass is 282 g/mol. The molecule has 2 aromatic carbocycles. The molecule has 0 saturated heterocycles. The fourth-order valence-electron chi connectivity index (χ4n) is 3.58. The summed E-state index contributed by atoms with van der Waals surface area (Å²) in [4.78, 5) is 0. The fourth-order valence-corrected chi connectivity index (χ4v) is 3.58. The predicted octanol–water partition coefficient (Wildman–Crippen LogP) is 3.81. The quantitative estimate of drug-likeness (QED) is 0.830. The Kier molecular flexibility index (Phi) is 3.83. The van der Waals surface area contributed by atoms with Crippen LogP contribution < -0.4 is 0 Å². The third kappa shape index (κ3) is 2.10. The third-order valence-electron chi connectivity index (χ3n) is 4.52. The molecule has 0 spiro atoms. The van der Waals surface area contributed by atoms with Crippen LogP contribution in [0, 0.1) is 0 Å². The summed E-state index contributed by atoms with van der Waals surface area (Å²) >= 11 is 0. The van der Waals surface area contributed by atoms with E-state index >= 15 is 0 Å². The number of aryl methyl sites for hydroxylation is 1. The molecule has 0 heterocycles. The highest BCUT2D eigenvalue weighted by atomic mass is 16.5. The maximum absolute atomic E-state index is 5.57. The van der Waals surface area contributed by atoms with Crippen LogP contribution in [0.3, 0.4) is 0 Å². The number of fused-ring (bicyclic) bond motifs is 3. The Morgan fingerprint density at radius 2 is 1.52 bits per heavy atom. The van der Waals surface area contributed by atoms with Gasteiger partial charge in [0.2, 0.25) is 0 Å². The van der Waals surface area contributed by atoms with Gasteiger partial charge in [-0.15, -0.1) is 0 Å². The normalized spacial score (nSPS) is 14.8. The van der Waals surface area contributed by atoms with Crippen LogP contribution in [0.15, 0.2) is 42.5 Å². The maximum Gasteiger partial charge on any atom is 0.0681 e. The van der Waals surface area contributed by atoms with Crippen LogP contribution in [0.25, 0.3) is 11.1 Å². The number of methoxy groups -OCH3 is 2. The minimum absolute atomic E-state index is 0.193. The second-order valence-electron chi connectivity index (χ2n) is 5.73. The average molecular weight is 282 g/mol. The molecule has 2 heteroatoms. The first kappa shape index (κ1) is 14.3. The molecule has 1 aliphatic rings. The topological polar surface area (TPSA) is 18.5 Å². The second kappa shape index (κ2) is 5.63. The summed E-state index contributed by atoms with van der Waals surface area (Å²) in [5.74, 6) is 0. The first-order valence-corrected chi connectivity index (χ1v) is 7.48. The molecule has 0 aliphatic heterocycles. The largest absolute Gasteiger partial charge is 0.383 e. The summed E-state index contributed by atoms with van der Waals surface area (Å²) in [5.41, 5.74) is 6.47. The van der Waals surface area contributed by atoms with Crippen LogP contribution in [0.1, 0.15) is 23.6 Å². The number of hydrogen-bond donors (Lipinski definition) is 0. The van der Waals surface area contributed by atoms with E-state index in [1.54, 1.807) is 14.2 Å². The molecule has 1 aliphatic carbocycles. The van der Waals surface area contributed by atoms with Crippen molar-refractivity contribution in [3.8, 4) is 11.1 Å². The van der Waals surface area contributed by atoms with E-state index in [2.05, 4.69) is 49.4 Å². The summed E-state index contributed by atoms with van der Waals surface area (Å²) in [6, 6.07) is 15.4. The van der Waals surface area contributed by atoms with Crippen molar-refractivity contribution >= 4 is 0 Å². The summed E-state index contributed by atoms with van der Waals surface area (Å²) in [7, 11) is 3.52. The van der Waals surface area contributed by atoms with Gasteiger partial charge in [-0.3, -0.25) is 0 Å². The molecule has 0 saturated carbocycles. The Morgan fingerprint density at radius 3 is 2.19 bits per heavy atom. The molecule has 0 amide bonds. The molecular formula is C19H22O2. The molecule has 0 atom stereocenters. The number of hydrogen-bond acceptors (Lipinski definition) is 2. The lowest BCUT2D eigenvalue weighted by Gasteiger charge is -2.30. The molecule has 0 radical (unpaired) electrons. The van der Waals surface area contributed by atoms with E-state index in [9.17, 15) is 0 Å². The van der Waals surface area contributed by atoms with Gasteiger partial charge in [-0.2, -0.15) is 0 Å². The van der Waals surface area contributed by atoms with Crippen molar-refractivity contribution in [1.82, 2.24) is 0 Å². The van der Waals surface area contributed by atoms with E-state index < -0.39 is 0 Å². The molecule has 21 heavy (non-hydrogen) atoms. The molecule has 0 fully saturated rings. The van der Waals surface area contributed by atoms with Gasteiger partial charge >= 0.3 is 0 Å². The first-order chi connectivity index (χ1) is 10.3. The summed E-state index contributed by atoms with van der Waals surface area (Å²) < 4.78 is 11.1. The van der Waals surface area contributed by atoms with Crippen molar-refractivity contribution in [1.29, 1.82) is 0 Å². The Hall–Kier alpha value is -1.64. The van der Waals surface area contributed by atoms with Gasteiger partial charge < -0.3 is 9.47 Å². The summed E-state index contributed by atoms with van der Waals surface area (Å²) in [6.45, 7) is 3.47. The summed E-state index contributed by atoms with van der Waals surface area (Å²) in [6.07, 6.45) is 1.05. The molecule has 3 rings (SSSR count). The molecule has 110 valence electrons. The van der Waals surface area contributed by atoms with Gasteiger partial charge in [0.1, 0.15) is 0 Å². The molecule has 2 aromatic rings. The number of benzene rings is 2. The van der Waals surface area contributed by atoms with Gasteiger partial charge in [-0.05, 0) is 34.2 Å². The van der Waals surface area contributed by atoms with Crippen molar-refractivity contribution in [2.24, 2.45) is 0 Å². The zero-order chi connectivity index (χ0) is 14.9. The van der Waals surface area contributed by atoms with Crippen LogP contribution in [0.2, 0.25) is 0 Å². The van der Waals surface area contributed by atoms with Crippen molar-refractivity contribution < 1.29 is 9.47 Å². The zero-order valence-corrected chi connectivity index (χ0v) is 13.0. The van der Waals surface area contributed by atoms with Crippen molar-refractivity contribution in [3.05, 3.63) is 59.2 Å². The molecule has 0 unspecified atom stereocenters. The van der Waals surface area contributed by atoms with E-state index in [4.69, 9.17) is 9.47 Å². The van der Waals surface area contributed by atoms with E-state index in [0.29, 0.717) is 13.2 Å². The van der Waals surface area contributed by atoms with E-state index in [0.717, 1.165) is 6.42 Å². The van der Waals surface area contributed by atoms with Crippen molar-refractivity contribution in [2.75, 3.05) is 27.4 Å². The molecule has 2 nitrogen and oxygen atoms in total. The first-order valence-electron chi connectivity index (χ1n) is 7.48. The predicted molar refractivity (Wildman–Crippen MR) is 85.8 cm³/mol. The molecule has 0 N–H and O–H groups in total. The fraction of sp³-hybridized carbons (Fsp3) is 0.368. The number of ether oxygens (including phenoxy) is 2. The van der Waals surface area contributed by atoms with Gasteiger partial charge in [0.15, 0.2) is 0 Å². The Balaban J connectivity index is 2.27.